The van der Waals surface area contributed by atoms with Crippen molar-refractivity contribution in [3.63, 3.8) is 0 Å². The Kier molecular flexibility index (Phi) is 5.31. The van der Waals surface area contributed by atoms with Gasteiger partial charge in [0, 0.05) is 5.56 Å². The molecule has 0 aliphatic rings. The molecule has 0 aliphatic heterocycles. The molecule has 0 N–H and O–H groups in total. The average Bonchev–Trinajstić information content (AvgIpc) is 2.55. The summed E-state index contributed by atoms with van der Waals surface area (Å²) in [5.74, 6) is -2.04. The maximum atomic E-state index is 12.3. The van der Waals surface area contributed by atoms with Crippen LogP contribution in [0.4, 0.5) is 0 Å². The standard InChI is InChI=1S/C18H18O4/c1-2-8-16(13-9-4-3-5-10-13)22-18(21)15-12-7-6-11-14(15)17(19)20/h3-7,9-12,16H,2,8H2,1H3,(H,19,20)/p-1/t16-/m0/s1. The van der Waals surface area contributed by atoms with Gasteiger partial charge in [-0.05, 0) is 18.1 Å². The molecule has 22 heavy (non-hydrogen) atoms. The van der Waals surface area contributed by atoms with Crippen LogP contribution in [0, 0.1) is 0 Å². The molecule has 2 aromatic rings. The van der Waals surface area contributed by atoms with Crippen LogP contribution in [0.1, 0.15) is 52.1 Å². The van der Waals surface area contributed by atoms with Crippen LogP contribution in [-0.4, -0.2) is 11.9 Å². The third-order valence-corrected chi connectivity index (χ3v) is 3.34. The Bertz CT molecular complexity index is 649. The minimum atomic E-state index is -1.39. The Morgan fingerprint density at radius 2 is 1.59 bits per heavy atom. The third kappa shape index (κ3) is 3.73. The molecule has 4 nitrogen and oxygen atoms in total. The number of benzene rings is 2. The van der Waals surface area contributed by atoms with Crippen LogP contribution in [0.5, 0.6) is 0 Å². The van der Waals surface area contributed by atoms with E-state index < -0.39 is 18.0 Å². The topological polar surface area (TPSA) is 66.4 Å². The Balaban J connectivity index is 2.24. The van der Waals surface area contributed by atoms with Crippen molar-refractivity contribution in [2.24, 2.45) is 0 Å². The first-order valence-corrected chi connectivity index (χ1v) is 7.19. The number of aromatic carboxylic acids is 1. The lowest BCUT2D eigenvalue weighted by molar-refractivity contribution is -0.255. The quantitative estimate of drug-likeness (QED) is 0.769. The minimum absolute atomic E-state index is 0.0135. The summed E-state index contributed by atoms with van der Waals surface area (Å²) in [5, 5.41) is 11.1. The number of carboxylic acids is 1. The lowest BCUT2D eigenvalue weighted by Gasteiger charge is -2.19. The number of esters is 1. The van der Waals surface area contributed by atoms with Crippen LogP contribution in [0.15, 0.2) is 54.6 Å². The summed E-state index contributed by atoms with van der Waals surface area (Å²) in [6.07, 6.45) is 1.12. The highest BCUT2D eigenvalue weighted by molar-refractivity contribution is 6.01. The average molecular weight is 297 g/mol. The van der Waals surface area contributed by atoms with Crippen LogP contribution in [-0.2, 0) is 4.74 Å². The second kappa shape index (κ2) is 7.41. The van der Waals surface area contributed by atoms with Gasteiger partial charge in [0.2, 0.25) is 0 Å². The van der Waals surface area contributed by atoms with Gasteiger partial charge in [-0.15, -0.1) is 0 Å². The molecule has 0 saturated heterocycles. The van der Waals surface area contributed by atoms with Crippen molar-refractivity contribution < 1.29 is 19.4 Å². The van der Waals surface area contributed by atoms with E-state index in [2.05, 4.69) is 0 Å². The molecule has 2 aromatic carbocycles. The maximum Gasteiger partial charge on any atom is 0.339 e. The number of ether oxygens (including phenoxy) is 1. The summed E-state index contributed by atoms with van der Waals surface area (Å²) >= 11 is 0. The predicted octanol–water partition coefficient (Wildman–Crippen LogP) is 2.75. The molecule has 0 bridgehead atoms. The van der Waals surface area contributed by atoms with Gasteiger partial charge in [0.15, 0.2) is 0 Å². The summed E-state index contributed by atoms with van der Waals surface area (Å²) in [7, 11) is 0. The number of carbonyl (C=O) groups is 2. The van der Waals surface area contributed by atoms with Gasteiger partial charge in [-0.3, -0.25) is 0 Å². The fraction of sp³-hybridized carbons (Fsp3) is 0.222. The van der Waals surface area contributed by atoms with Gasteiger partial charge in [-0.1, -0.05) is 61.9 Å². The van der Waals surface area contributed by atoms with Gasteiger partial charge in [0.25, 0.3) is 0 Å². The first-order chi connectivity index (χ1) is 10.6. The Morgan fingerprint density at radius 1 is 1.00 bits per heavy atom. The maximum absolute atomic E-state index is 12.3. The molecule has 114 valence electrons. The Labute approximate surface area is 129 Å². The number of carboxylic acid groups (broad SMARTS) is 1. The predicted molar refractivity (Wildman–Crippen MR) is 80.3 cm³/mol. The number of rotatable bonds is 6. The minimum Gasteiger partial charge on any atom is -0.545 e. The van der Waals surface area contributed by atoms with Crippen molar-refractivity contribution in [2.45, 2.75) is 25.9 Å². The van der Waals surface area contributed by atoms with Crippen molar-refractivity contribution in [3.8, 4) is 0 Å². The van der Waals surface area contributed by atoms with Gasteiger partial charge in [0.05, 0.1) is 11.5 Å². The van der Waals surface area contributed by atoms with Gasteiger partial charge < -0.3 is 14.6 Å². The summed E-state index contributed by atoms with van der Waals surface area (Å²) in [6.45, 7) is 2.00. The molecule has 0 amide bonds. The first-order valence-electron chi connectivity index (χ1n) is 7.19. The van der Waals surface area contributed by atoms with E-state index in [1.54, 1.807) is 12.1 Å². The molecule has 0 spiro atoms. The molecule has 2 rings (SSSR count). The normalized spacial score (nSPS) is 11.7. The van der Waals surface area contributed by atoms with Crippen LogP contribution in [0.2, 0.25) is 0 Å². The van der Waals surface area contributed by atoms with E-state index in [9.17, 15) is 14.7 Å². The monoisotopic (exact) mass is 297 g/mol. The van der Waals surface area contributed by atoms with E-state index in [-0.39, 0.29) is 11.1 Å². The Hall–Kier alpha value is -2.62. The fourth-order valence-electron chi connectivity index (χ4n) is 2.26. The summed E-state index contributed by atoms with van der Waals surface area (Å²) < 4.78 is 5.52. The molecule has 0 aliphatic carbocycles. The van der Waals surface area contributed by atoms with Gasteiger partial charge in [-0.2, -0.15) is 0 Å². The highest BCUT2D eigenvalue weighted by Gasteiger charge is 2.19. The largest absolute Gasteiger partial charge is 0.545 e. The molecular weight excluding hydrogens is 280 g/mol. The van der Waals surface area contributed by atoms with E-state index in [0.29, 0.717) is 6.42 Å². The van der Waals surface area contributed by atoms with Crippen LogP contribution >= 0.6 is 0 Å². The van der Waals surface area contributed by atoms with Crippen molar-refractivity contribution >= 4 is 11.9 Å². The van der Waals surface area contributed by atoms with Gasteiger partial charge in [0.1, 0.15) is 6.10 Å². The zero-order chi connectivity index (χ0) is 15.9. The highest BCUT2D eigenvalue weighted by Crippen LogP contribution is 2.24. The van der Waals surface area contributed by atoms with Crippen molar-refractivity contribution in [2.75, 3.05) is 0 Å². The Morgan fingerprint density at radius 3 is 2.18 bits per heavy atom. The SMILES string of the molecule is CCC[C@H](OC(=O)c1ccccc1C(=O)[O-])c1ccccc1. The van der Waals surface area contributed by atoms with Crippen LogP contribution in [0.3, 0.4) is 0 Å². The zero-order valence-corrected chi connectivity index (χ0v) is 12.3. The lowest BCUT2D eigenvalue weighted by atomic mass is 10.0. The van der Waals surface area contributed by atoms with Gasteiger partial charge >= 0.3 is 5.97 Å². The number of carbonyl (C=O) groups excluding carboxylic acids is 2. The second-order valence-electron chi connectivity index (χ2n) is 4.93. The molecule has 0 aromatic heterocycles. The molecule has 4 heteroatoms. The first kappa shape index (κ1) is 15.8. The molecule has 0 saturated carbocycles. The van der Waals surface area contributed by atoms with Crippen LogP contribution < -0.4 is 5.11 Å². The second-order valence-corrected chi connectivity index (χ2v) is 4.93. The van der Waals surface area contributed by atoms with Crippen molar-refractivity contribution in [1.29, 1.82) is 0 Å². The molecule has 1 atom stereocenters. The number of hydrogen-bond donors (Lipinski definition) is 0. The summed E-state index contributed by atoms with van der Waals surface area (Å²) in [4.78, 5) is 23.4. The van der Waals surface area contributed by atoms with Crippen molar-refractivity contribution in [3.05, 3.63) is 71.3 Å². The van der Waals surface area contributed by atoms with E-state index in [0.717, 1.165) is 12.0 Å². The van der Waals surface area contributed by atoms with E-state index in [1.165, 1.54) is 12.1 Å². The van der Waals surface area contributed by atoms with E-state index >= 15 is 0 Å². The number of hydrogen-bond acceptors (Lipinski definition) is 4. The molecule has 0 fully saturated rings. The van der Waals surface area contributed by atoms with Gasteiger partial charge in [-0.25, -0.2) is 4.79 Å². The van der Waals surface area contributed by atoms with Crippen LogP contribution in [0.25, 0.3) is 0 Å². The lowest BCUT2D eigenvalue weighted by Crippen LogP contribution is -2.25. The van der Waals surface area contributed by atoms with E-state index in [1.807, 2.05) is 37.3 Å². The summed E-state index contributed by atoms with van der Waals surface area (Å²) in [5.41, 5.74) is 0.749. The fourth-order valence-corrected chi connectivity index (χ4v) is 2.26. The van der Waals surface area contributed by atoms with Crippen molar-refractivity contribution in [1.82, 2.24) is 0 Å². The smallest absolute Gasteiger partial charge is 0.339 e. The molecular formula is C18H17O4-. The molecule has 0 heterocycles. The zero-order valence-electron chi connectivity index (χ0n) is 12.3. The highest BCUT2D eigenvalue weighted by atomic mass is 16.5. The third-order valence-electron chi connectivity index (χ3n) is 3.34. The summed E-state index contributed by atoms with van der Waals surface area (Å²) in [6, 6.07) is 15.3. The van der Waals surface area contributed by atoms with E-state index in [4.69, 9.17) is 4.74 Å². The molecule has 0 radical (unpaired) electrons. The molecule has 0 unspecified atom stereocenters.